The van der Waals surface area contributed by atoms with Crippen LogP contribution in [0.1, 0.15) is 38.6 Å². The fourth-order valence-corrected chi connectivity index (χ4v) is 2.21. The zero-order valence-corrected chi connectivity index (χ0v) is 14.4. The van der Waals surface area contributed by atoms with E-state index in [0.717, 1.165) is 38.4 Å². The molecule has 4 nitrogen and oxygen atoms in total. The highest BCUT2D eigenvalue weighted by molar-refractivity contribution is 5.11. The third-order valence-corrected chi connectivity index (χ3v) is 3.47. The van der Waals surface area contributed by atoms with Crippen molar-refractivity contribution in [1.29, 1.82) is 0 Å². The molecule has 0 atom stereocenters. The van der Waals surface area contributed by atoms with Crippen LogP contribution >= 0.6 is 0 Å². The predicted octanol–water partition coefficient (Wildman–Crippen LogP) is 2.35. The Morgan fingerprint density at radius 1 is 1.14 bits per heavy atom. The minimum Gasteiger partial charge on any atom is -0.309 e. The van der Waals surface area contributed by atoms with E-state index in [2.05, 4.69) is 68.2 Å². The maximum Gasteiger partial charge on any atom is 0.0547 e. The van der Waals surface area contributed by atoms with Crippen LogP contribution in [-0.2, 0) is 13.1 Å². The second kappa shape index (κ2) is 9.87. The predicted molar refractivity (Wildman–Crippen MR) is 90.3 cm³/mol. The van der Waals surface area contributed by atoms with Crippen LogP contribution in [0.15, 0.2) is 18.2 Å². The Kier molecular flexibility index (Phi) is 8.50. The summed E-state index contributed by atoms with van der Waals surface area (Å²) < 4.78 is 0. The molecule has 0 fully saturated rings. The molecule has 1 aromatic heterocycles. The van der Waals surface area contributed by atoms with E-state index >= 15 is 0 Å². The smallest absolute Gasteiger partial charge is 0.0547 e. The molecule has 0 saturated carbocycles. The first-order chi connectivity index (χ1) is 10.0. The van der Waals surface area contributed by atoms with Crippen LogP contribution in [0.4, 0.5) is 0 Å². The molecule has 1 rings (SSSR count). The molecule has 0 aliphatic carbocycles. The summed E-state index contributed by atoms with van der Waals surface area (Å²) in [5.74, 6) is 0. The number of nitrogens with zero attached hydrogens (tertiary/aromatic N) is 3. The van der Waals surface area contributed by atoms with Gasteiger partial charge in [-0.25, -0.2) is 0 Å². The molecule has 21 heavy (non-hydrogen) atoms. The molecule has 120 valence electrons. The number of aromatic nitrogens is 1. The van der Waals surface area contributed by atoms with Crippen LogP contribution in [0.25, 0.3) is 0 Å². The van der Waals surface area contributed by atoms with Crippen LogP contribution in [0, 0.1) is 0 Å². The Balaban J connectivity index is 2.49. The fourth-order valence-electron chi connectivity index (χ4n) is 2.21. The van der Waals surface area contributed by atoms with Gasteiger partial charge in [0.15, 0.2) is 0 Å². The van der Waals surface area contributed by atoms with Crippen molar-refractivity contribution in [3.63, 3.8) is 0 Å². The van der Waals surface area contributed by atoms with Gasteiger partial charge in [-0.15, -0.1) is 0 Å². The van der Waals surface area contributed by atoms with Crippen LogP contribution < -0.4 is 5.32 Å². The molecule has 0 amide bonds. The summed E-state index contributed by atoms with van der Waals surface area (Å²) in [6.07, 6.45) is 1.20. The lowest BCUT2D eigenvalue weighted by Crippen LogP contribution is -2.27. The van der Waals surface area contributed by atoms with Crippen molar-refractivity contribution in [2.45, 2.75) is 46.3 Å². The lowest BCUT2D eigenvalue weighted by atomic mass is 10.2. The highest BCUT2D eigenvalue weighted by atomic mass is 15.1. The molecule has 0 unspecified atom stereocenters. The number of pyridine rings is 1. The van der Waals surface area contributed by atoms with Crippen molar-refractivity contribution in [3.05, 3.63) is 29.6 Å². The zero-order chi connectivity index (χ0) is 15.7. The van der Waals surface area contributed by atoms with Gasteiger partial charge in [-0.05, 0) is 52.3 Å². The number of hydrogen-bond acceptors (Lipinski definition) is 4. The van der Waals surface area contributed by atoms with Gasteiger partial charge in [0.1, 0.15) is 0 Å². The summed E-state index contributed by atoms with van der Waals surface area (Å²) in [5, 5.41) is 3.42. The van der Waals surface area contributed by atoms with Gasteiger partial charge in [0, 0.05) is 19.1 Å². The summed E-state index contributed by atoms with van der Waals surface area (Å²) in [6.45, 7) is 11.7. The Morgan fingerprint density at radius 3 is 2.48 bits per heavy atom. The molecule has 0 aromatic carbocycles. The number of nitrogens with one attached hydrogen (secondary N) is 1. The third-order valence-electron chi connectivity index (χ3n) is 3.47. The van der Waals surface area contributed by atoms with Crippen molar-refractivity contribution >= 4 is 0 Å². The van der Waals surface area contributed by atoms with E-state index in [4.69, 9.17) is 4.98 Å². The van der Waals surface area contributed by atoms with Gasteiger partial charge in [-0.2, -0.15) is 0 Å². The number of hydrogen-bond donors (Lipinski definition) is 1. The lowest BCUT2D eigenvalue weighted by Gasteiger charge is -2.21. The Hall–Kier alpha value is -0.970. The van der Waals surface area contributed by atoms with E-state index in [1.807, 2.05) is 0 Å². The van der Waals surface area contributed by atoms with Crippen molar-refractivity contribution in [1.82, 2.24) is 20.1 Å². The molecule has 0 aliphatic rings. The van der Waals surface area contributed by atoms with Crippen LogP contribution in [0.3, 0.4) is 0 Å². The summed E-state index contributed by atoms with van der Waals surface area (Å²) in [5.41, 5.74) is 2.30. The monoisotopic (exact) mass is 292 g/mol. The van der Waals surface area contributed by atoms with Gasteiger partial charge in [0.25, 0.3) is 0 Å². The van der Waals surface area contributed by atoms with Crippen LogP contribution in [0.5, 0.6) is 0 Å². The second-order valence-corrected chi connectivity index (χ2v) is 6.18. The topological polar surface area (TPSA) is 31.4 Å². The molecule has 1 heterocycles. The van der Waals surface area contributed by atoms with Gasteiger partial charge >= 0.3 is 0 Å². The largest absolute Gasteiger partial charge is 0.309 e. The summed E-state index contributed by atoms with van der Waals surface area (Å²) in [7, 11) is 4.26. The molecule has 0 spiro atoms. The molecule has 1 N–H and O–H groups in total. The minimum atomic E-state index is 0.494. The molecule has 0 radical (unpaired) electrons. The molecular formula is C17H32N4. The first kappa shape index (κ1) is 18.1. The van der Waals surface area contributed by atoms with E-state index in [1.165, 1.54) is 12.1 Å². The minimum absolute atomic E-state index is 0.494. The summed E-state index contributed by atoms with van der Waals surface area (Å²) in [6, 6.07) is 6.84. The first-order valence-corrected chi connectivity index (χ1v) is 8.06. The van der Waals surface area contributed by atoms with E-state index < -0.39 is 0 Å². The average molecular weight is 292 g/mol. The molecule has 1 aromatic rings. The SMILES string of the molecule is CCN(CCCN(C)C)Cc1cccc(CNC(C)C)n1. The normalized spacial score (nSPS) is 11.8. The maximum atomic E-state index is 4.76. The standard InChI is InChI=1S/C17H32N4/c1-6-21(12-8-11-20(4)5)14-17-10-7-9-16(19-17)13-18-15(2)3/h7,9-10,15,18H,6,8,11-14H2,1-5H3. The molecule has 0 bridgehead atoms. The van der Waals surface area contributed by atoms with Gasteiger partial charge in [0.2, 0.25) is 0 Å². The quantitative estimate of drug-likeness (QED) is 0.717. The first-order valence-electron chi connectivity index (χ1n) is 8.06. The number of rotatable bonds is 10. The van der Waals surface area contributed by atoms with E-state index in [0.29, 0.717) is 6.04 Å². The van der Waals surface area contributed by atoms with Gasteiger partial charge < -0.3 is 10.2 Å². The van der Waals surface area contributed by atoms with E-state index in [1.54, 1.807) is 0 Å². The summed E-state index contributed by atoms with van der Waals surface area (Å²) >= 11 is 0. The van der Waals surface area contributed by atoms with Crippen molar-refractivity contribution < 1.29 is 0 Å². The Bertz CT molecular complexity index is 390. The highest BCUT2D eigenvalue weighted by Crippen LogP contribution is 2.05. The molecule has 4 heteroatoms. The van der Waals surface area contributed by atoms with Gasteiger partial charge in [0.05, 0.1) is 11.4 Å². The van der Waals surface area contributed by atoms with Crippen LogP contribution in [0.2, 0.25) is 0 Å². The van der Waals surface area contributed by atoms with Crippen LogP contribution in [-0.4, -0.2) is 54.6 Å². The third kappa shape index (κ3) is 8.15. The van der Waals surface area contributed by atoms with Gasteiger partial charge in [-0.1, -0.05) is 26.8 Å². The van der Waals surface area contributed by atoms with E-state index in [-0.39, 0.29) is 0 Å². The fraction of sp³-hybridized carbons (Fsp3) is 0.706. The van der Waals surface area contributed by atoms with Crippen molar-refractivity contribution in [2.24, 2.45) is 0 Å². The maximum absolute atomic E-state index is 4.76. The highest BCUT2D eigenvalue weighted by Gasteiger charge is 2.06. The molecule has 0 saturated heterocycles. The molecule has 0 aliphatic heterocycles. The van der Waals surface area contributed by atoms with Crippen molar-refractivity contribution in [2.75, 3.05) is 33.7 Å². The Labute approximate surface area is 130 Å². The molecular weight excluding hydrogens is 260 g/mol. The van der Waals surface area contributed by atoms with Gasteiger partial charge in [-0.3, -0.25) is 9.88 Å². The Morgan fingerprint density at radius 2 is 1.86 bits per heavy atom. The second-order valence-electron chi connectivity index (χ2n) is 6.18. The van der Waals surface area contributed by atoms with E-state index in [9.17, 15) is 0 Å². The van der Waals surface area contributed by atoms with Crippen molar-refractivity contribution in [3.8, 4) is 0 Å². The zero-order valence-electron chi connectivity index (χ0n) is 14.4. The lowest BCUT2D eigenvalue weighted by molar-refractivity contribution is 0.256. The average Bonchev–Trinajstić information content (AvgIpc) is 2.44. The summed E-state index contributed by atoms with van der Waals surface area (Å²) in [4.78, 5) is 9.47.